The lowest BCUT2D eigenvalue weighted by molar-refractivity contribution is 0.313. The average Bonchev–Trinajstić information content (AvgIpc) is 2.78. The Labute approximate surface area is 178 Å². The van der Waals surface area contributed by atoms with Crippen LogP contribution in [0.2, 0.25) is 0 Å². The molecule has 30 heavy (non-hydrogen) atoms. The number of ether oxygens (including phenoxy) is 1. The molecule has 7 heteroatoms. The normalized spacial score (nSPS) is 15.5. The number of anilines is 1. The maximum absolute atomic E-state index is 12.8. The van der Waals surface area contributed by atoms with E-state index in [9.17, 15) is 8.42 Å². The van der Waals surface area contributed by atoms with E-state index in [2.05, 4.69) is 33.7 Å². The molecule has 0 atom stereocenters. The topological polar surface area (TPSA) is 61.9 Å². The zero-order chi connectivity index (χ0) is 21.1. The predicted molar refractivity (Wildman–Crippen MR) is 121 cm³/mol. The molecule has 0 aromatic heterocycles. The third-order valence-corrected chi connectivity index (χ3v) is 7.00. The van der Waals surface area contributed by atoms with Gasteiger partial charge in [0.1, 0.15) is 5.75 Å². The van der Waals surface area contributed by atoms with Gasteiger partial charge < -0.3 is 14.5 Å². The van der Waals surface area contributed by atoms with Crippen LogP contribution in [0.4, 0.5) is 5.69 Å². The van der Waals surface area contributed by atoms with Crippen molar-refractivity contribution >= 4 is 26.5 Å². The van der Waals surface area contributed by atoms with Crippen LogP contribution in [0.1, 0.15) is 5.56 Å². The number of fused-ring (bicyclic) bond motifs is 1. The first kappa shape index (κ1) is 20.7. The number of piperazine rings is 1. The molecule has 1 fully saturated rings. The van der Waals surface area contributed by atoms with Crippen molar-refractivity contribution in [3.8, 4) is 5.75 Å². The minimum Gasteiger partial charge on any atom is -0.497 e. The zero-order valence-corrected chi connectivity index (χ0v) is 18.2. The molecule has 0 bridgehead atoms. The van der Waals surface area contributed by atoms with E-state index in [1.54, 1.807) is 25.3 Å². The molecule has 1 heterocycles. The molecule has 1 aliphatic heterocycles. The maximum atomic E-state index is 12.8. The maximum Gasteiger partial charge on any atom is 0.240 e. The summed E-state index contributed by atoms with van der Waals surface area (Å²) in [6.45, 7) is 4.39. The monoisotopic (exact) mass is 425 g/mol. The van der Waals surface area contributed by atoms with Gasteiger partial charge in [-0.3, -0.25) is 0 Å². The van der Waals surface area contributed by atoms with Crippen LogP contribution in [-0.2, 0) is 16.6 Å². The van der Waals surface area contributed by atoms with Gasteiger partial charge in [0.25, 0.3) is 0 Å². The molecule has 0 unspecified atom stereocenters. The summed E-state index contributed by atoms with van der Waals surface area (Å²) in [5.74, 6) is 0.747. The molecule has 4 rings (SSSR count). The Hall–Kier alpha value is -2.61. The van der Waals surface area contributed by atoms with Gasteiger partial charge in [-0.05, 0) is 59.8 Å². The van der Waals surface area contributed by atoms with Crippen LogP contribution in [0.25, 0.3) is 10.8 Å². The molecule has 3 aromatic carbocycles. The highest BCUT2D eigenvalue weighted by molar-refractivity contribution is 7.89. The van der Waals surface area contributed by atoms with Crippen LogP contribution >= 0.6 is 0 Å². The lowest BCUT2D eigenvalue weighted by Crippen LogP contribution is -2.44. The van der Waals surface area contributed by atoms with Crippen molar-refractivity contribution in [1.29, 1.82) is 0 Å². The van der Waals surface area contributed by atoms with Gasteiger partial charge in [0.15, 0.2) is 0 Å². The van der Waals surface area contributed by atoms with Gasteiger partial charge in [-0.25, -0.2) is 13.1 Å². The van der Waals surface area contributed by atoms with Crippen LogP contribution in [0, 0.1) is 0 Å². The molecule has 0 radical (unpaired) electrons. The van der Waals surface area contributed by atoms with Gasteiger partial charge in [-0.15, -0.1) is 0 Å². The lowest BCUT2D eigenvalue weighted by Gasteiger charge is -2.34. The molecular weight excluding hydrogens is 398 g/mol. The molecule has 1 saturated heterocycles. The van der Waals surface area contributed by atoms with Gasteiger partial charge in [0.2, 0.25) is 10.0 Å². The first-order valence-electron chi connectivity index (χ1n) is 10.0. The standard InChI is InChI=1S/C23H27N3O3S/c1-25-11-13-26(14-12-25)21-7-3-18(4-8-21)17-24-30(27,28)23-10-6-19-15-22(29-2)9-5-20(19)16-23/h3-10,15-16,24H,11-14,17H2,1-2H3. The molecule has 3 aromatic rings. The number of methoxy groups -OCH3 is 1. The Bertz CT molecular complexity index is 1120. The Morgan fingerprint density at radius 3 is 2.27 bits per heavy atom. The van der Waals surface area contributed by atoms with E-state index in [4.69, 9.17) is 4.74 Å². The van der Waals surface area contributed by atoms with Gasteiger partial charge in [0.05, 0.1) is 12.0 Å². The molecule has 0 amide bonds. The van der Waals surface area contributed by atoms with Crippen molar-refractivity contribution in [2.75, 3.05) is 45.2 Å². The number of benzene rings is 3. The number of nitrogens with zero attached hydrogens (tertiary/aromatic N) is 2. The van der Waals surface area contributed by atoms with E-state index >= 15 is 0 Å². The lowest BCUT2D eigenvalue weighted by atomic mass is 10.1. The van der Waals surface area contributed by atoms with E-state index in [1.807, 2.05) is 30.3 Å². The van der Waals surface area contributed by atoms with Crippen molar-refractivity contribution in [3.05, 3.63) is 66.2 Å². The Kier molecular flexibility index (Phi) is 5.94. The summed E-state index contributed by atoms with van der Waals surface area (Å²) in [5.41, 5.74) is 2.11. The largest absolute Gasteiger partial charge is 0.497 e. The predicted octanol–water partition coefficient (Wildman–Crippen LogP) is 3.08. The average molecular weight is 426 g/mol. The van der Waals surface area contributed by atoms with E-state index in [0.717, 1.165) is 48.3 Å². The number of hydrogen-bond acceptors (Lipinski definition) is 5. The summed E-state index contributed by atoms with van der Waals surface area (Å²) in [6, 6.07) is 18.8. The number of sulfonamides is 1. The molecule has 0 saturated carbocycles. The van der Waals surface area contributed by atoms with E-state index in [1.165, 1.54) is 5.69 Å². The SMILES string of the molecule is COc1ccc2cc(S(=O)(=O)NCc3ccc(N4CCN(C)CC4)cc3)ccc2c1. The first-order chi connectivity index (χ1) is 14.4. The molecule has 0 spiro atoms. The highest BCUT2D eigenvalue weighted by Crippen LogP contribution is 2.24. The summed E-state index contributed by atoms with van der Waals surface area (Å²) >= 11 is 0. The minimum absolute atomic E-state index is 0.256. The first-order valence-corrected chi connectivity index (χ1v) is 11.5. The Morgan fingerprint density at radius 1 is 0.900 bits per heavy atom. The molecule has 1 N–H and O–H groups in total. The van der Waals surface area contributed by atoms with Crippen LogP contribution in [0.3, 0.4) is 0 Å². The second-order valence-electron chi connectivity index (χ2n) is 7.66. The number of rotatable bonds is 6. The van der Waals surface area contributed by atoms with E-state index in [0.29, 0.717) is 0 Å². The van der Waals surface area contributed by atoms with Crippen molar-refractivity contribution in [2.24, 2.45) is 0 Å². The fourth-order valence-corrected chi connectivity index (χ4v) is 4.70. The fraction of sp³-hybridized carbons (Fsp3) is 0.304. The van der Waals surface area contributed by atoms with Gasteiger partial charge in [-0.1, -0.05) is 24.3 Å². The van der Waals surface area contributed by atoms with E-state index in [-0.39, 0.29) is 11.4 Å². The van der Waals surface area contributed by atoms with Gasteiger partial charge in [-0.2, -0.15) is 0 Å². The van der Waals surface area contributed by atoms with Crippen LogP contribution in [0.15, 0.2) is 65.6 Å². The molecule has 158 valence electrons. The summed E-state index contributed by atoms with van der Waals surface area (Å²) in [7, 11) is 0.151. The summed E-state index contributed by atoms with van der Waals surface area (Å²) in [4.78, 5) is 4.94. The summed E-state index contributed by atoms with van der Waals surface area (Å²) in [5, 5.41) is 1.79. The number of nitrogens with one attached hydrogen (secondary N) is 1. The molecule has 1 aliphatic rings. The quantitative estimate of drug-likeness (QED) is 0.658. The van der Waals surface area contributed by atoms with E-state index < -0.39 is 10.0 Å². The fourth-order valence-electron chi connectivity index (χ4n) is 3.65. The molecule has 0 aliphatic carbocycles. The van der Waals surface area contributed by atoms with Crippen LogP contribution in [0.5, 0.6) is 5.75 Å². The Morgan fingerprint density at radius 2 is 1.57 bits per heavy atom. The third-order valence-electron chi connectivity index (χ3n) is 5.60. The number of likely N-dealkylation sites (N-methyl/N-ethyl adjacent to an activating group) is 1. The Balaban J connectivity index is 1.43. The van der Waals surface area contributed by atoms with Crippen molar-refractivity contribution < 1.29 is 13.2 Å². The highest BCUT2D eigenvalue weighted by Gasteiger charge is 2.16. The molecule has 6 nitrogen and oxygen atoms in total. The van der Waals surface area contributed by atoms with Gasteiger partial charge >= 0.3 is 0 Å². The smallest absolute Gasteiger partial charge is 0.240 e. The zero-order valence-electron chi connectivity index (χ0n) is 17.3. The van der Waals surface area contributed by atoms with Crippen molar-refractivity contribution in [3.63, 3.8) is 0 Å². The van der Waals surface area contributed by atoms with Gasteiger partial charge in [0, 0.05) is 38.4 Å². The van der Waals surface area contributed by atoms with Crippen molar-refractivity contribution in [2.45, 2.75) is 11.4 Å². The second kappa shape index (κ2) is 8.63. The summed E-state index contributed by atoms with van der Waals surface area (Å²) in [6.07, 6.45) is 0. The second-order valence-corrected chi connectivity index (χ2v) is 9.42. The summed E-state index contributed by atoms with van der Waals surface area (Å²) < 4.78 is 33.5. The third kappa shape index (κ3) is 4.59. The van der Waals surface area contributed by atoms with Crippen molar-refractivity contribution in [1.82, 2.24) is 9.62 Å². The highest BCUT2D eigenvalue weighted by atomic mass is 32.2. The number of hydrogen-bond donors (Lipinski definition) is 1. The van der Waals surface area contributed by atoms with Crippen LogP contribution in [-0.4, -0.2) is 53.7 Å². The minimum atomic E-state index is -3.60. The molecular formula is C23H27N3O3S. The van der Waals surface area contributed by atoms with Crippen LogP contribution < -0.4 is 14.4 Å².